The van der Waals surface area contributed by atoms with Gasteiger partial charge in [0.15, 0.2) is 0 Å². The molecule has 15 heavy (non-hydrogen) atoms. The minimum atomic E-state index is -0.719. The summed E-state index contributed by atoms with van der Waals surface area (Å²) in [6.45, 7) is 7.22. The SMILES string of the molecule is CC(C)(C)Cc1ccc2c(c1)COB2O. The van der Waals surface area contributed by atoms with Gasteiger partial charge in [-0.1, -0.05) is 39.0 Å². The lowest BCUT2D eigenvalue weighted by Gasteiger charge is -2.18. The van der Waals surface area contributed by atoms with E-state index in [1.54, 1.807) is 0 Å². The number of hydrogen-bond donors (Lipinski definition) is 1. The molecule has 0 aliphatic carbocycles. The zero-order chi connectivity index (χ0) is 11.1. The summed E-state index contributed by atoms with van der Waals surface area (Å²) in [7, 11) is -0.719. The molecule has 0 fully saturated rings. The monoisotopic (exact) mass is 204 g/mol. The summed E-state index contributed by atoms with van der Waals surface area (Å²) in [5.74, 6) is 0. The highest BCUT2D eigenvalue weighted by Gasteiger charge is 2.27. The fraction of sp³-hybridized carbons (Fsp3) is 0.500. The minimum Gasteiger partial charge on any atom is -0.423 e. The first-order valence-electron chi connectivity index (χ1n) is 5.37. The van der Waals surface area contributed by atoms with E-state index in [1.807, 2.05) is 6.07 Å². The van der Waals surface area contributed by atoms with E-state index in [0.29, 0.717) is 12.0 Å². The van der Waals surface area contributed by atoms with Crippen LogP contribution in [0, 0.1) is 5.41 Å². The molecule has 2 rings (SSSR count). The smallest absolute Gasteiger partial charge is 0.423 e. The van der Waals surface area contributed by atoms with Crippen molar-refractivity contribution in [3.05, 3.63) is 29.3 Å². The minimum absolute atomic E-state index is 0.298. The summed E-state index contributed by atoms with van der Waals surface area (Å²) >= 11 is 0. The van der Waals surface area contributed by atoms with Crippen molar-refractivity contribution >= 4 is 12.6 Å². The van der Waals surface area contributed by atoms with Crippen LogP contribution in [0.4, 0.5) is 0 Å². The highest BCUT2D eigenvalue weighted by atomic mass is 16.5. The predicted octanol–water partition coefficient (Wildman–Crippen LogP) is 1.49. The Hall–Kier alpha value is -0.795. The summed E-state index contributed by atoms with van der Waals surface area (Å²) < 4.78 is 5.16. The third-order valence-electron chi connectivity index (χ3n) is 2.60. The van der Waals surface area contributed by atoms with Gasteiger partial charge in [-0.25, -0.2) is 0 Å². The molecular formula is C12H17BO2. The van der Waals surface area contributed by atoms with Crippen LogP contribution in [0.5, 0.6) is 0 Å². The van der Waals surface area contributed by atoms with Crippen LogP contribution in [-0.4, -0.2) is 12.1 Å². The van der Waals surface area contributed by atoms with E-state index >= 15 is 0 Å². The molecule has 80 valence electrons. The van der Waals surface area contributed by atoms with Crippen molar-refractivity contribution in [1.29, 1.82) is 0 Å². The molecule has 1 aliphatic heterocycles. The van der Waals surface area contributed by atoms with E-state index in [1.165, 1.54) is 5.56 Å². The standard InChI is InChI=1S/C12H17BO2/c1-12(2,3)7-9-4-5-11-10(6-9)8-15-13(11)14/h4-6,14H,7-8H2,1-3H3. The number of rotatable bonds is 1. The maximum atomic E-state index is 9.48. The lowest BCUT2D eigenvalue weighted by Crippen LogP contribution is -2.28. The van der Waals surface area contributed by atoms with Gasteiger partial charge in [-0.05, 0) is 28.4 Å². The van der Waals surface area contributed by atoms with Gasteiger partial charge in [-0.2, -0.15) is 0 Å². The lowest BCUT2D eigenvalue weighted by molar-refractivity contribution is 0.275. The second-order valence-electron chi connectivity index (χ2n) is 5.43. The summed E-state index contributed by atoms with van der Waals surface area (Å²) in [5.41, 5.74) is 3.67. The molecule has 3 heteroatoms. The van der Waals surface area contributed by atoms with Crippen LogP contribution in [0.2, 0.25) is 0 Å². The van der Waals surface area contributed by atoms with Crippen molar-refractivity contribution < 1.29 is 9.68 Å². The Kier molecular flexibility index (Phi) is 2.61. The Bertz CT molecular complexity index is 368. The van der Waals surface area contributed by atoms with Gasteiger partial charge in [0, 0.05) is 0 Å². The Labute approximate surface area is 91.4 Å². The first-order chi connectivity index (χ1) is 6.96. The summed E-state index contributed by atoms with van der Waals surface area (Å²) in [6.07, 6.45) is 1.05. The lowest BCUT2D eigenvalue weighted by atomic mass is 9.78. The van der Waals surface area contributed by atoms with E-state index < -0.39 is 7.12 Å². The first-order valence-corrected chi connectivity index (χ1v) is 5.37. The van der Waals surface area contributed by atoms with Crippen LogP contribution in [0.15, 0.2) is 18.2 Å². The molecule has 0 amide bonds. The average molecular weight is 204 g/mol. The number of benzene rings is 1. The molecule has 1 N–H and O–H groups in total. The van der Waals surface area contributed by atoms with Crippen molar-refractivity contribution in [3.8, 4) is 0 Å². The predicted molar refractivity (Wildman–Crippen MR) is 62.0 cm³/mol. The molecular weight excluding hydrogens is 187 g/mol. The van der Waals surface area contributed by atoms with Gasteiger partial charge in [0.1, 0.15) is 0 Å². The normalized spacial score (nSPS) is 15.6. The topological polar surface area (TPSA) is 29.5 Å². The molecule has 0 bridgehead atoms. The van der Waals surface area contributed by atoms with Gasteiger partial charge in [-0.15, -0.1) is 0 Å². The molecule has 0 saturated carbocycles. The first kappa shape index (κ1) is 10.7. The van der Waals surface area contributed by atoms with Crippen molar-refractivity contribution in [2.75, 3.05) is 0 Å². The van der Waals surface area contributed by atoms with E-state index in [-0.39, 0.29) is 0 Å². The molecule has 0 radical (unpaired) electrons. The van der Waals surface area contributed by atoms with Crippen LogP contribution in [0.3, 0.4) is 0 Å². The quantitative estimate of drug-likeness (QED) is 0.702. The molecule has 2 nitrogen and oxygen atoms in total. The van der Waals surface area contributed by atoms with Crippen LogP contribution >= 0.6 is 0 Å². The van der Waals surface area contributed by atoms with E-state index in [2.05, 4.69) is 32.9 Å². The second-order valence-corrected chi connectivity index (χ2v) is 5.43. The Morgan fingerprint density at radius 2 is 2.13 bits per heavy atom. The van der Waals surface area contributed by atoms with E-state index in [0.717, 1.165) is 17.4 Å². The van der Waals surface area contributed by atoms with Crippen LogP contribution in [0.25, 0.3) is 0 Å². The van der Waals surface area contributed by atoms with Crippen molar-refractivity contribution in [1.82, 2.24) is 0 Å². The molecule has 0 spiro atoms. The zero-order valence-corrected chi connectivity index (χ0v) is 9.58. The Balaban J connectivity index is 2.24. The number of fused-ring (bicyclic) bond motifs is 1. The Morgan fingerprint density at radius 3 is 2.80 bits per heavy atom. The second kappa shape index (κ2) is 3.65. The van der Waals surface area contributed by atoms with E-state index in [9.17, 15) is 5.02 Å². The van der Waals surface area contributed by atoms with Crippen molar-refractivity contribution in [2.45, 2.75) is 33.8 Å². The maximum absolute atomic E-state index is 9.48. The molecule has 1 aromatic carbocycles. The van der Waals surface area contributed by atoms with Gasteiger partial charge in [-0.3, -0.25) is 0 Å². The average Bonchev–Trinajstić information content (AvgIpc) is 2.45. The highest BCUT2D eigenvalue weighted by molar-refractivity contribution is 6.61. The molecule has 0 aromatic heterocycles. The third-order valence-corrected chi connectivity index (χ3v) is 2.60. The van der Waals surface area contributed by atoms with Crippen molar-refractivity contribution in [3.63, 3.8) is 0 Å². The summed E-state index contributed by atoms with van der Waals surface area (Å²) in [4.78, 5) is 0. The molecule has 1 heterocycles. The third kappa shape index (κ3) is 2.41. The van der Waals surface area contributed by atoms with Gasteiger partial charge in [0.25, 0.3) is 0 Å². The highest BCUT2D eigenvalue weighted by Crippen LogP contribution is 2.22. The molecule has 1 aliphatic rings. The van der Waals surface area contributed by atoms with Gasteiger partial charge in [0.2, 0.25) is 0 Å². The summed E-state index contributed by atoms with van der Waals surface area (Å²) in [6, 6.07) is 6.22. The van der Waals surface area contributed by atoms with Crippen LogP contribution in [0.1, 0.15) is 31.9 Å². The molecule has 1 aromatic rings. The molecule has 0 saturated heterocycles. The molecule has 0 atom stereocenters. The Morgan fingerprint density at radius 1 is 1.40 bits per heavy atom. The maximum Gasteiger partial charge on any atom is 0.491 e. The number of hydrogen-bond acceptors (Lipinski definition) is 2. The van der Waals surface area contributed by atoms with Crippen LogP contribution in [-0.2, 0) is 17.7 Å². The summed E-state index contributed by atoms with van der Waals surface area (Å²) in [5, 5.41) is 9.48. The fourth-order valence-electron chi connectivity index (χ4n) is 2.01. The van der Waals surface area contributed by atoms with Crippen LogP contribution < -0.4 is 5.46 Å². The van der Waals surface area contributed by atoms with Gasteiger partial charge >= 0.3 is 7.12 Å². The molecule has 0 unspecified atom stereocenters. The van der Waals surface area contributed by atoms with Gasteiger partial charge < -0.3 is 9.68 Å². The van der Waals surface area contributed by atoms with E-state index in [4.69, 9.17) is 4.65 Å². The largest absolute Gasteiger partial charge is 0.491 e. The van der Waals surface area contributed by atoms with Crippen molar-refractivity contribution in [2.24, 2.45) is 5.41 Å². The fourth-order valence-corrected chi connectivity index (χ4v) is 2.01. The van der Waals surface area contributed by atoms with Gasteiger partial charge in [0.05, 0.1) is 6.61 Å². The zero-order valence-electron chi connectivity index (χ0n) is 9.58.